The second kappa shape index (κ2) is 9.32. The molecule has 1 aliphatic rings. The number of anilines is 1. The number of nitrogens with zero attached hydrogens (tertiary/aromatic N) is 3. The number of fused-ring (bicyclic) bond motifs is 1. The highest BCUT2D eigenvalue weighted by molar-refractivity contribution is 5.91. The van der Waals surface area contributed by atoms with Crippen molar-refractivity contribution in [3.8, 4) is 0 Å². The van der Waals surface area contributed by atoms with E-state index in [4.69, 9.17) is 5.73 Å². The van der Waals surface area contributed by atoms with Crippen LogP contribution in [-0.2, 0) is 22.7 Å². The van der Waals surface area contributed by atoms with Crippen LogP contribution in [0.15, 0.2) is 53.6 Å². The summed E-state index contributed by atoms with van der Waals surface area (Å²) in [6.45, 7) is 3.49. The average molecular weight is 434 g/mol. The van der Waals surface area contributed by atoms with Crippen LogP contribution >= 0.6 is 0 Å². The summed E-state index contributed by atoms with van der Waals surface area (Å²) in [5, 5.41) is 3.50. The Kier molecular flexibility index (Phi) is 6.32. The fraction of sp³-hybridized carbons (Fsp3) is 0.333. The molecule has 2 aromatic carbocycles. The maximum atomic E-state index is 12.7. The first-order valence-corrected chi connectivity index (χ1v) is 10.8. The SMILES string of the molecule is Cc1cccc2c(=O)n(CCC(=O)Nc3ccccc3CN3CCCC3C(N)=O)cnc12. The van der Waals surface area contributed by atoms with Gasteiger partial charge in [0.15, 0.2) is 0 Å². The number of hydrogen-bond donors (Lipinski definition) is 2. The Morgan fingerprint density at radius 3 is 2.81 bits per heavy atom. The van der Waals surface area contributed by atoms with E-state index in [1.807, 2.05) is 43.3 Å². The zero-order valence-corrected chi connectivity index (χ0v) is 18.1. The molecule has 3 N–H and O–H groups in total. The van der Waals surface area contributed by atoms with Crippen molar-refractivity contribution >= 4 is 28.4 Å². The summed E-state index contributed by atoms with van der Waals surface area (Å²) < 4.78 is 1.47. The highest BCUT2D eigenvalue weighted by atomic mass is 16.2. The van der Waals surface area contributed by atoms with E-state index in [2.05, 4.69) is 15.2 Å². The third-order valence-electron chi connectivity index (χ3n) is 5.99. The van der Waals surface area contributed by atoms with Gasteiger partial charge in [-0.15, -0.1) is 0 Å². The van der Waals surface area contributed by atoms with Crippen molar-refractivity contribution in [3.63, 3.8) is 0 Å². The Balaban J connectivity index is 1.43. The van der Waals surface area contributed by atoms with Crippen LogP contribution in [0.2, 0.25) is 0 Å². The number of hydrogen-bond acceptors (Lipinski definition) is 5. The van der Waals surface area contributed by atoms with Crippen LogP contribution in [0, 0.1) is 6.92 Å². The lowest BCUT2D eigenvalue weighted by molar-refractivity contribution is -0.122. The summed E-state index contributed by atoms with van der Waals surface area (Å²) in [6, 6.07) is 12.8. The second-order valence-corrected chi connectivity index (χ2v) is 8.20. The van der Waals surface area contributed by atoms with Crippen molar-refractivity contribution in [1.82, 2.24) is 14.5 Å². The molecule has 1 unspecified atom stereocenters. The molecule has 0 aliphatic carbocycles. The molecule has 3 aromatic rings. The molecule has 0 radical (unpaired) electrons. The molecule has 2 amide bonds. The van der Waals surface area contributed by atoms with E-state index in [-0.39, 0.29) is 36.4 Å². The number of para-hydroxylation sites is 2. The van der Waals surface area contributed by atoms with E-state index < -0.39 is 0 Å². The molecule has 8 nitrogen and oxygen atoms in total. The number of primary amides is 1. The number of likely N-dealkylation sites (tertiary alicyclic amines) is 1. The molecule has 2 heterocycles. The first-order chi connectivity index (χ1) is 15.4. The smallest absolute Gasteiger partial charge is 0.261 e. The number of nitrogens with one attached hydrogen (secondary N) is 1. The van der Waals surface area contributed by atoms with Gasteiger partial charge in [0.05, 0.1) is 23.3 Å². The predicted octanol–water partition coefficient (Wildman–Crippen LogP) is 2.18. The number of aromatic nitrogens is 2. The zero-order valence-electron chi connectivity index (χ0n) is 18.1. The van der Waals surface area contributed by atoms with Crippen LogP contribution < -0.4 is 16.6 Å². The van der Waals surface area contributed by atoms with Crippen LogP contribution in [-0.4, -0.2) is 38.9 Å². The minimum Gasteiger partial charge on any atom is -0.368 e. The van der Waals surface area contributed by atoms with Crippen molar-refractivity contribution in [3.05, 3.63) is 70.3 Å². The normalized spacial score (nSPS) is 16.3. The fourth-order valence-electron chi connectivity index (χ4n) is 4.27. The first kappa shape index (κ1) is 21.7. The fourth-order valence-corrected chi connectivity index (χ4v) is 4.27. The highest BCUT2D eigenvalue weighted by Crippen LogP contribution is 2.24. The molecule has 1 saturated heterocycles. The summed E-state index contributed by atoms with van der Waals surface area (Å²) in [6.07, 6.45) is 3.32. The molecule has 4 rings (SSSR count). The van der Waals surface area contributed by atoms with Gasteiger partial charge in [0.1, 0.15) is 0 Å². The van der Waals surface area contributed by atoms with Crippen molar-refractivity contribution in [2.75, 3.05) is 11.9 Å². The van der Waals surface area contributed by atoms with Gasteiger partial charge in [0.2, 0.25) is 11.8 Å². The van der Waals surface area contributed by atoms with Crippen LogP contribution in [0.3, 0.4) is 0 Å². The van der Waals surface area contributed by atoms with Crippen LogP contribution in [0.4, 0.5) is 5.69 Å². The molecule has 1 fully saturated rings. The molecule has 1 aromatic heterocycles. The number of nitrogens with two attached hydrogens (primary N) is 1. The summed E-state index contributed by atoms with van der Waals surface area (Å²) in [5.74, 6) is -0.504. The topological polar surface area (TPSA) is 110 Å². The summed E-state index contributed by atoms with van der Waals surface area (Å²) >= 11 is 0. The largest absolute Gasteiger partial charge is 0.368 e. The monoisotopic (exact) mass is 433 g/mol. The summed E-state index contributed by atoms with van der Waals surface area (Å²) in [4.78, 5) is 43.5. The molecule has 0 bridgehead atoms. The molecule has 1 aliphatic heterocycles. The van der Waals surface area contributed by atoms with Crippen molar-refractivity contribution < 1.29 is 9.59 Å². The maximum Gasteiger partial charge on any atom is 0.261 e. The van der Waals surface area contributed by atoms with Crippen LogP contribution in [0.1, 0.15) is 30.4 Å². The van der Waals surface area contributed by atoms with Crippen molar-refractivity contribution in [1.29, 1.82) is 0 Å². The number of aryl methyl sites for hydroxylation is 2. The Morgan fingerprint density at radius 2 is 2.00 bits per heavy atom. The van der Waals surface area contributed by atoms with Gasteiger partial charge in [-0.3, -0.25) is 23.9 Å². The van der Waals surface area contributed by atoms with Crippen molar-refractivity contribution in [2.45, 2.75) is 45.3 Å². The van der Waals surface area contributed by atoms with Gasteiger partial charge >= 0.3 is 0 Å². The van der Waals surface area contributed by atoms with E-state index in [0.717, 1.165) is 30.5 Å². The van der Waals surface area contributed by atoms with Gasteiger partial charge in [0.25, 0.3) is 5.56 Å². The summed E-state index contributed by atoms with van der Waals surface area (Å²) in [5.41, 5.74) is 8.62. The molecule has 0 spiro atoms. The molecule has 0 saturated carbocycles. The van der Waals surface area contributed by atoms with Crippen LogP contribution in [0.25, 0.3) is 10.9 Å². The lowest BCUT2D eigenvalue weighted by atomic mass is 10.1. The van der Waals surface area contributed by atoms with Gasteiger partial charge in [-0.1, -0.05) is 30.3 Å². The minimum atomic E-state index is -0.311. The highest BCUT2D eigenvalue weighted by Gasteiger charge is 2.29. The molecule has 32 heavy (non-hydrogen) atoms. The van der Waals surface area contributed by atoms with Gasteiger partial charge in [-0.2, -0.15) is 0 Å². The third kappa shape index (κ3) is 4.55. The molecular weight excluding hydrogens is 406 g/mol. The maximum absolute atomic E-state index is 12.7. The minimum absolute atomic E-state index is 0.140. The molecular formula is C24H27N5O3. The van der Waals surface area contributed by atoms with Gasteiger partial charge < -0.3 is 11.1 Å². The number of carbonyl (C=O) groups is 2. The lowest BCUT2D eigenvalue weighted by Gasteiger charge is -2.23. The van der Waals surface area contributed by atoms with E-state index in [1.54, 1.807) is 6.07 Å². The lowest BCUT2D eigenvalue weighted by Crippen LogP contribution is -2.39. The van der Waals surface area contributed by atoms with E-state index in [9.17, 15) is 14.4 Å². The Bertz CT molecular complexity index is 1220. The zero-order chi connectivity index (χ0) is 22.7. The van der Waals surface area contributed by atoms with Gasteiger partial charge in [-0.05, 0) is 49.6 Å². The Morgan fingerprint density at radius 1 is 1.19 bits per heavy atom. The molecule has 1 atom stereocenters. The molecule has 8 heteroatoms. The second-order valence-electron chi connectivity index (χ2n) is 8.20. The Labute approximate surface area is 186 Å². The van der Waals surface area contributed by atoms with Gasteiger partial charge in [0, 0.05) is 25.2 Å². The predicted molar refractivity (Wildman–Crippen MR) is 123 cm³/mol. The van der Waals surface area contributed by atoms with Crippen molar-refractivity contribution in [2.24, 2.45) is 5.73 Å². The quantitative estimate of drug-likeness (QED) is 0.593. The van der Waals surface area contributed by atoms with Crippen LogP contribution in [0.5, 0.6) is 0 Å². The van der Waals surface area contributed by atoms with Gasteiger partial charge in [-0.25, -0.2) is 4.98 Å². The standard InChI is InChI=1S/C24H27N5O3/c1-16-6-4-8-18-22(16)26-15-29(24(18)32)13-11-21(30)27-19-9-3-2-7-17(19)14-28-12-5-10-20(28)23(25)31/h2-4,6-9,15,20H,5,10-14H2,1H3,(H2,25,31)(H,27,30). The number of benzene rings is 2. The molecule has 166 valence electrons. The third-order valence-corrected chi connectivity index (χ3v) is 5.99. The average Bonchev–Trinajstić information content (AvgIpc) is 3.24. The number of amides is 2. The van der Waals surface area contributed by atoms with E-state index >= 15 is 0 Å². The number of rotatable bonds is 7. The van der Waals surface area contributed by atoms with E-state index in [0.29, 0.717) is 23.1 Å². The first-order valence-electron chi connectivity index (χ1n) is 10.8. The Hall–Kier alpha value is -3.52. The number of carbonyl (C=O) groups excluding carboxylic acids is 2. The van der Waals surface area contributed by atoms with E-state index in [1.165, 1.54) is 10.9 Å². The summed E-state index contributed by atoms with van der Waals surface area (Å²) in [7, 11) is 0.